The number of halogens is 1. The predicted octanol–water partition coefficient (Wildman–Crippen LogP) is 0.379. The maximum atomic E-state index is 11.3. The lowest BCUT2D eigenvalue weighted by Gasteiger charge is -1.96. The first-order chi connectivity index (χ1) is 5.70. The summed E-state index contributed by atoms with van der Waals surface area (Å²) in [4.78, 5) is 15.1. The molecule has 62 valence electrons. The Kier molecular flexibility index (Phi) is 1.41. The minimum atomic E-state index is -0.301. The van der Waals surface area contributed by atoms with Crippen molar-refractivity contribution < 1.29 is 0 Å². The van der Waals surface area contributed by atoms with Gasteiger partial charge in [0.15, 0.2) is 0 Å². The number of aryl methyl sites for hydroxylation is 1. The SMILES string of the molecule is Cc1[nH]n2ncnc2c(=O)c1Cl. The smallest absolute Gasteiger partial charge is 0.245 e. The van der Waals surface area contributed by atoms with E-state index < -0.39 is 0 Å². The first-order valence-corrected chi connectivity index (χ1v) is 3.66. The van der Waals surface area contributed by atoms with Crippen molar-refractivity contribution in [3.8, 4) is 0 Å². The monoisotopic (exact) mass is 184 g/mol. The Balaban J connectivity index is 3.05. The molecule has 0 aliphatic heterocycles. The second-order valence-electron chi connectivity index (χ2n) is 2.38. The van der Waals surface area contributed by atoms with Crippen molar-refractivity contribution in [2.75, 3.05) is 0 Å². The predicted molar refractivity (Wildman–Crippen MR) is 43.4 cm³/mol. The highest BCUT2D eigenvalue weighted by Crippen LogP contribution is 2.05. The Morgan fingerprint density at radius 3 is 3.17 bits per heavy atom. The molecule has 0 fully saturated rings. The third-order valence-corrected chi connectivity index (χ3v) is 2.01. The van der Waals surface area contributed by atoms with Crippen LogP contribution in [0.4, 0.5) is 0 Å². The van der Waals surface area contributed by atoms with Crippen molar-refractivity contribution in [2.45, 2.75) is 6.92 Å². The second kappa shape index (κ2) is 2.31. The Hall–Kier alpha value is -1.36. The van der Waals surface area contributed by atoms with Crippen LogP contribution in [0.3, 0.4) is 0 Å². The van der Waals surface area contributed by atoms with E-state index in [0.29, 0.717) is 5.69 Å². The van der Waals surface area contributed by atoms with Gasteiger partial charge in [0.1, 0.15) is 11.3 Å². The average Bonchev–Trinajstić information content (AvgIpc) is 2.48. The summed E-state index contributed by atoms with van der Waals surface area (Å²) in [5.41, 5.74) is 0.496. The third kappa shape index (κ3) is 0.831. The zero-order valence-corrected chi connectivity index (χ0v) is 6.96. The standard InChI is InChI=1S/C6H5ClN4O/c1-3-4(7)5(12)6-8-2-9-11(6)10-3/h2,10H,1H3. The van der Waals surface area contributed by atoms with Gasteiger partial charge in [-0.15, -0.1) is 5.10 Å². The van der Waals surface area contributed by atoms with Crippen LogP contribution in [0.25, 0.3) is 5.65 Å². The molecule has 2 aromatic heterocycles. The highest BCUT2D eigenvalue weighted by Gasteiger charge is 2.07. The molecule has 0 aromatic carbocycles. The van der Waals surface area contributed by atoms with E-state index in [4.69, 9.17) is 11.6 Å². The van der Waals surface area contributed by atoms with E-state index in [0.717, 1.165) is 0 Å². The number of hydrogen-bond acceptors (Lipinski definition) is 3. The molecule has 0 unspecified atom stereocenters. The zero-order chi connectivity index (χ0) is 8.72. The molecule has 2 heterocycles. The van der Waals surface area contributed by atoms with Crippen LogP contribution in [0.5, 0.6) is 0 Å². The molecule has 0 atom stereocenters. The first kappa shape index (κ1) is 7.30. The van der Waals surface area contributed by atoms with Gasteiger partial charge < -0.3 is 0 Å². The topological polar surface area (TPSA) is 63.1 Å². The van der Waals surface area contributed by atoms with E-state index in [1.165, 1.54) is 11.0 Å². The Morgan fingerprint density at radius 1 is 1.67 bits per heavy atom. The average molecular weight is 185 g/mol. The molecule has 0 aliphatic rings. The van der Waals surface area contributed by atoms with E-state index in [-0.39, 0.29) is 16.1 Å². The molecule has 5 nitrogen and oxygen atoms in total. The largest absolute Gasteiger partial charge is 0.284 e. The van der Waals surface area contributed by atoms with Crippen molar-refractivity contribution in [1.29, 1.82) is 0 Å². The number of rotatable bonds is 0. The minimum absolute atomic E-state index is 0.163. The fourth-order valence-corrected chi connectivity index (χ4v) is 1.08. The molecule has 0 bridgehead atoms. The molecule has 1 N–H and O–H groups in total. The fourth-order valence-electron chi connectivity index (χ4n) is 0.955. The van der Waals surface area contributed by atoms with Crippen molar-refractivity contribution in [3.05, 3.63) is 27.3 Å². The summed E-state index contributed by atoms with van der Waals surface area (Å²) in [6.07, 6.45) is 1.29. The molecule has 0 saturated carbocycles. The van der Waals surface area contributed by atoms with Crippen LogP contribution in [0.15, 0.2) is 11.1 Å². The van der Waals surface area contributed by atoms with Crippen molar-refractivity contribution in [3.63, 3.8) is 0 Å². The molecule has 2 aromatic rings. The number of H-pyrrole nitrogens is 1. The van der Waals surface area contributed by atoms with E-state index in [2.05, 4.69) is 15.2 Å². The molecule has 0 amide bonds. The molecular formula is C6H5ClN4O. The van der Waals surface area contributed by atoms with Gasteiger partial charge in [-0.2, -0.15) is 4.63 Å². The van der Waals surface area contributed by atoms with E-state index in [1.807, 2.05) is 0 Å². The Labute approximate surface area is 72.0 Å². The molecule has 6 heteroatoms. The van der Waals surface area contributed by atoms with Gasteiger partial charge in [-0.05, 0) is 6.92 Å². The summed E-state index contributed by atoms with van der Waals surface area (Å²) in [5, 5.41) is 6.73. The molecule has 12 heavy (non-hydrogen) atoms. The Morgan fingerprint density at radius 2 is 2.42 bits per heavy atom. The summed E-state index contributed by atoms with van der Waals surface area (Å²) >= 11 is 5.69. The fraction of sp³-hybridized carbons (Fsp3) is 0.167. The van der Waals surface area contributed by atoms with Crippen LogP contribution in [0, 0.1) is 6.92 Å². The van der Waals surface area contributed by atoms with Gasteiger partial charge in [0.05, 0.1) is 5.69 Å². The van der Waals surface area contributed by atoms with Gasteiger partial charge in [-0.25, -0.2) is 4.98 Å². The normalized spacial score (nSPS) is 10.8. The van der Waals surface area contributed by atoms with Gasteiger partial charge >= 0.3 is 0 Å². The highest BCUT2D eigenvalue weighted by atomic mass is 35.5. The third-order valence-electron chi connectivity index (χ3n) is 1.55. The lowest BCUT2D eigenvalue weighted by atomic mass is 10.4. The quantitative estimate of drug-likeness (QED) is 0.644. The van der Waals surface area contributed by atoms with Crippen molar-refractivity contribution in [1.82, 2.24) is 19.8 Å². The van der Waals surface area contributed by atoms with Gasteiger partial charge in [0, 0.05) is 0 Å². The van der Waals surface area contributed by atoms with Crippen molar-refractivity contribution in [2.24, 2.45) is 0 Å². The number of aromatic amines is 1. The number of aromatic nitrogens is 4. The van der Waals surface area contributed by atoms with Crippen LogP contribution in [0.2, 0.25) is 5.02 Å². The van der Waals surface area contributed by atoms with Crippen LogP contribution in [0.1, 0.15) is 5.69 Å². The van der Waals surface area contributed by atoms with Gasteiger partial charge in [-0.3, -0.25) is 9.89 Å². The van der Waals surface area contributed by atoms with Crippen LogP contribution in [-0.4, -0.2) is 19.8 Å². The van der Waals surface area contributed by atoms with Crippen LogP contribution in [-0.2, 0) is 0 Å². The van der Waals surface area contributed by atoms with Crippen LogP contribution >= 0.6 is 11.6 Å². The molecule has 0 saturated heterocycles. The summed E-state index contributed by atoms with van der Waals surface area (Å²) in [5.74, 6) is 0. The van der Waals surface area contributed by atoms with Gasteiger partial charge in [0.2, 0.25) is 11.1 Å². The first-order valence-electron chi connectivity index (χ1n) is 3.28. The lowest BCUT2D eigenvalue weighted by Crippen LogP contribution is -2.12. The maximum absolute atomic E-state index is 11.3. The van der Waals surface area contributed by atoms with E-state index in [1.54, 1.807) is 6.92 Å². The molecule has 0 spiro atoms. The summed E-state index contributed by atoms with van der Waals surface area (Å²) < 4.78 is 1.30. The number of nitrogens with one attached hydrogen (secondary N) is 1. The number of hydrogen-bond donors (Lipinski definition) is 1. The maximum Gasteiger partial charge on any atom is 0.245 e. The van der Waals surface area contributed by atoms with E-state index >= 15 is 0 Å². The lowest BCUT2D eigenvalue weighted by molar-refractivity contribution is 0.777. The summed E-state index contributed by atoms with van der Waals surface area (Å²) in [6.45, 7) is 1.70. The summed E-state index contributed by atoms with van der Waals surface area (Å²) in [7, 11) is 0. The van der Waals surface area contributed by atoms with E-state index in [9.17, 15) is 4.79 Å². The Bertz CT molecular complexity index is 486. The molecule has 2 rings (SSSR count). The molecular weight excluding hydrogens is 180 g/mol. The molecule has 0 aliphatic carbocycles. The van der Waals surface area contributed by atoms with Crippen molar-refractivity contribution >= 4 is 17.2 Å². The number of nitrogens with zero attached hydrogens (tertiary/aromatic N) is 3. The zero-order valence-electron chi connectivity index (χ0n) is 6.21. The van der Waals surface area contributed by atoms with Gasteiger partial charge in [-0.1, -0.05) is 11.6 Å². The van der Waals surface area contributed by atoms with Gasteiger partial charge in [0.25, 0.3) is 0 Å². The number of fused-ring (bicyclic) bond motifs is 1. The molecule has 0 radical (unpaired) electrons. The summed E-state index contributed by atoms with van der Waals surface area (Å²) in [6, 6.07) is 0. The highest BCUT2D eigenvalue weighted by molar-refractivity contribution is 6.31. The minimum Gasteiger partial charge on any atom is -0.284 e. The second-order valence-corrected chi connectivity index (χ2v) is 2.75. The van der Waals surface area contributed by atoms with Crippen LogP contribution < -0.4 is 5.43 Å².